The van der Waals surface area contributed by atoms with Gasteiger partial charge in [-0.05, 0) is 30.3 Å². The molecule has 2 aromatic carbocycles. The van der Waals surface area contributed by atoms with Crippen molar-refractivity contribution in [3.05, 3.63) is 48.5 Å². The van der Waals surface area contributed by atoms with Gasteiger partial charge in [-0.1, -0.05) is 18.2 Å². The zero-order valence-electron chi connectivity index (χ0n) is 9.17. The molecule has 1 aromatic heterocycles. The Labute approximate surface area is 98.5 Å². The molecule has 4 nitrogen and oxygen atoms in total. The summed E-state index contributed by atoms with van der Waals surface area (Å²) in [6.07, 6.45) is 0. The fraction of sp³-hybridized carbons (Fsp3) is 0. The van der Waals surface area contributed by atoms with E-state index in [-0.39, 0.29) is 0 Å². The molecule has 0 amide bonds. The molecule has 17 heavy (non-hydrogen) atoms. The Morgan fingerprint density at radius 2 is 1.76 bits per heavy atom. The van der Waals surface area contributed by atoms with Crippen LogP contribution >= 0.6 is 0 Å². The molecule has 0 spiro atoms. The first-order chi connectivity index (χ1) is 8.25. The highest BCUT2D eigenvalue weighted by molar-refractivity contribution is 5.80. The molecule has 0 saturated carbocycles. The van der Waals surface area contributed by atoms with Crippen LogP contribution in [0.3, 0.4) is 0 Å². The number of nitrogens with two attached hydrogens (primary N) is 2. The van der Waals surface area contributed by atoms with Crippen LogP contribution in [0.25, 0.3) is 16.7 Å². The Kier molecular flexibility index (Phi) is 2.01. The molecule has 4 N–H and O–H groups in total. The van der Waals surface area contributed by atoms with E-state index in [1.807, 2.05) is 53.1 Å². The number of anilines is 2. The predicted molar refractivity (Wildman–Crippen MR) is 69.9 cm³/mol. The van der Waals surface area contributed by atoms with E-state index in [1.165, 1.54) is 0 Å². The van der Waals surface area contributed by atoms with Crippen LogP contribution in [0.2, 0.25) is 0 Å². The van der Waals surface area contributed by atoms with Crippen LogP contribution < -0.4 is 11.5 Å². The van der Waals surface area contributed by atoms with Crippen LogP contribution in [0.15, 0.2) is 48.5 Å². The van der Waals surface area contributed by atoms with Gasteiger partial charge in [-0.15, -0.1) is 0 Å². The summed E-state index contributed by atoms with van der Waals surface area (Å²) in [6.45, 7) is 0. The van der Waals surface area contributed by atoms with E-state index in [1.54, 1.807) is 0 Å². The zero-order chi connectivity index (χ0) is 11.8. The standard InChI is InChI=1S/C13H12N4/c14-9-4-3-5-10(8-9)17-12-7-2-1-6-11(12)16-13(17)15/h1-8H,14H2,(H2,15,16). The number of nitrogen functional groups attached to an aromatic ring is 2. The lowest BCUT2D eigenvalue weighted by Gasteiger charge is -2.06. The molecule has 0 aliphatic heterocycles. The summed E-state index contributed by atoms with van der Waals surface area (Å²) in [6, 6.07) is 15.4. The van der Waals surface area contributed by atoms with Gasteiger partial charge in [-0.3, -0.25) is 4.57 Å². The quantitative estimate of drug-likeness (QED) is 0.622. The van der Waals surface area contributed by atoms with E-state index in [0.29, 0.717) is 11.6 Å². The number of aromatic nitrogens is 2. The first kappa shape index (κ1) is 9.72. The number of hydrogen-bond donors (Lipinski definition) is 2. The minimum atomic E-state index is 0.469. The van der Waals surface area contributed by atoms with Crippen molar-refractivity contribution in [3.63, 3.8) is 0 Å². The third-order valence-corrected chi connectivity index (χ3v) is 2.72. The lowest BCUT2D eigenvalue weighted by Crippen LogP contribution is -2.01. The summed E-state index contributed by atoms with van der Waals surface area (Å²) >= 11 is 0. The van der Waals surface area contributed by atoms with Crippen molar-refractivity contribution in [3.8, 4) is 5.69 Å². The van der Waals surface area contributed by atoms with Crippen molar-refractivity contribution >= 4 is 22.7 Å². The van der Waals surface area contributed by atoms with Crippen LogP contribution in [0, 0.1) is 0 Å². The number of fused-ring (bicyclic) bond motifs is 1. The molecule has 0 bridgehead atoms. The number of benzene rings is 2. The first-order valence-corrected chi connectivity index (χ1v) is 5.34. The second kappa shape index (κ2) is 3.52. The van der Waals surface area contributed by atoms with Crippen molar-refractivity contribution in [1.82, 2.24) is 9.55 Å². The van der Waals surface area contributed by atoms with Gasteiger partial charge >= 0.3 is 0 Å². The maximum Gasteiger partial charge on any atom is 0.205 e. The van der Waals surface area contributed by atoms with E-state index in [9.17, 15) is 0 Å². The van der Waals surface area contributed by atoms with Crippen LogP contribution in [-0.4, -0.2) is 9.55 Å². The lowest BCUT2D eigenvalue weighted by molar-refractivity contribution is 1.11. The Balaban J connectivity index is 2.33. The van der Waals surface area contributed by atoms with Gasteiger partial charge in [0.15, 0.2) is 0 Å². The first-order valence-electron chi connectivity index (χ1n) is 5.34. The maximum absolute atomic E-state index is 5.95. The number of rotatable bonds is 1. The molecule has 0 unspecified atom stereocenters. The van der Waals surface area contributed by atoms with Crippen molar-refractivity contribution < 1.29 is 0 Å². The van der Waals surface area contributed by atoms with Gasteiger partial charge in [0.1, 0.15) is 0 Å². The highest BCUT2D eigenvalue weighted by Gasteiger charge is 2.08. The minimum Gasteiger partial charge on any atom is -0.399 e. The largest absolute Gasteiger partial charge is 0.399 e. The summed E-state index contributed by atoms with van der Waals surface area (Å²) in [5.74, 6) is 0.469. The molecule has 0 aliphatic carbocycles. The number of imidazole rings is 1. The maximum atomic E-state index is 5.95. The Morgan fingerprint density at radius 3 is 2.59 bits per heavy atom. The number of hydrogen-bond acceptors (Lipinski definition) is 3. The average Bonchev–Trinajstić information content (AvgIpc) is 2.64. The van der Waals surface area contributed by atoms with Gasteiger partial charge in [-0.25, -0.2) is 4.98 Å². The van der Waals surface area contributed by atoms with Crippen LogP contribution in [0.5, 0.6) is 0 Å². The van der Waals surface area contributed by atoms with Gasteiger partial charge in [0.25, 0.3) is 0 Å². The number of para-hydroxylation sites is 2. The number of nitrogens with zero attached hydrogens (tertiary/aromatic N) is 2. The second-order valence-electron chi connectivity index (χ2n) is 3.89. The summed E-state index contributed by atoms with van der Waals surface area (Å²) in [5, 5.41) is 0. The molecule has 0 saturated heterocycles. The summed E-state index contributed by atoms with van der Waals surface area (Å²) in [7, 11) is 0. The van der Waals surface area contributed by atoms with E-state index in [0.717, 1.165) is 16.7 Å². The minimum absolute atomic E-state index is 0.469. The zero-order valence-corrected chi connectivity index (χ0v) is 9.17. The summed E-state index contributed by atoms with van der Waals surface area (Å²) in [5.41, 5.74) is 15.2. The molecule has 1 heterocycles. The van der Waals surface area contributed by atoms with E-state index in [2.05, 4.69) is 4.98 Å². The molecule has 4 heteroatoms. The third kappa shape index (κ3) is 1.50. The topological polar surface area (TPSA) is 69.9 Å². The van der Waals surface area contributed by atoms with Crippen molar-refractivity contribution in [2.75, 3.05) is 11.5 Å². The van der Waals surface area contributed by atoms with Gasteiger partial charge in [0, 0.05) is 5.69 Å². The highest BCUT2D eigenvalue weighted by Crippen LogP contribution is 2.23. The fourth-order valence-corrected chi connectivity index (χ4v) is 1.98. The summed E-state index contributed by atoms with van der Waals surface area (Å²) < 4.78 is 1.89. The molecule has 84 valence electrons. The molecule has 0 fully saturated rings. The molecule has 0 aliphatic rings. The molecular formula is C13H12N4. The monoisotopic (exact) mass is 224 g/mol. The normalized spacial score (nSPS) is 10.8. The van der Waals surface area contributed by atoms with Crippen LogP contribution in [0.1, 0.15) is 0 Å². The lowest BCUT2D eigenvalue weighted by atomic mass is 10.2. The molecular weight excluding hydrogens is 212 g/mol. The van der Waals surface area contributed by atoms with Crippen molar-refractivity contribution in [2.24, 2.45) is 0 Å². The SMILES string of the molecule is Nc1cccc(-n2c(N)nc3ccccc32)c1. The molecule has 3 rings (SSSR count). The molecule has 0 radical (unpaired) electrons. The fourth-order valence-electron chi connectivity index (χ4n) is 1.98. The van der Waals surface area contributed by atoms with Crippen LogP contribution in [0.4, 0.5) is 11.6 Å². The molecule has 3 aromatic rings. The van der Waals surface area contributed by atoms with E-state index < -0.39 is 0 Å². The average molecular weight is 224 g/mol. The second-order valence-corrected chi connectivity index (χ2v) is 3.89. The Bertz CT molecular complexity index is 685. The smallest absolute Gasteiger partial charge is 0.205 e. The Hall–Kier alpha value is -2.49. The summed E-state index contributed by atoms with van der Waals surface area (Å²) in [4.78, 5) is 4.32. The van der Waals surface area contributed by atoms with Gasteiger partial charge in [0.05, 0.1) is 16.7 Å². The van der Waals surface area contributed by atoms with E-state index in [4.69, 9.17) is 11.5 Å². The van der Waals surface area contributed by atoms with Crippen LogP contribution in [-0.2, 0) is 0 Å². The Morgan fingerprint density at radius 1 is 0.941 bits per heavy atom. The predicted octanol–water partition coefficient (Wildman–Crippen LogP) is 2.19. The van der Waals surface area contributed by atoms with Gasteiger partial charge < -0.3 is 11.5 Å². The molecule has 0 atom stereocenters. The van der Waals surface area contributed by atoms with Crippen molar-refractivity contribution in [2.45, 2.75) is 0 Å². The van der Waals surface area contributed by atoms with Gasteiger partial charge in [0.2, 0.25) is 5.95 Å². The van der Waals surface area contributed by atoms with E-state index >= 15 is 0 Å². The third-order valence-electron chi connectivity index (χ3n) is 2.72. The van der Waals surface area contributed by atoms with Crippen molar-refractivity contribution in [1.29, 1.82) is 0 Å². The highest BCUT2D eigenvalue weighted by atomic mass is 15.2. The van der Waals surface area contributed by atoms with Gasteiger partial charge in [-0.2, -0.15) is 0 Å².